The number of nitrogens with two attached hydrogens (primary N) is 1. The molecule has 0 aromatic rings. The molecular formula is C13H29N3. The summed E-state index contributed by atoms with van der Waals surface area (Å²) in [6.45, 7) is 14.0. The van der Waals surface area contributed by atoms with E-state index < -0.39 is 0 Å². The van der Waals surface area contributed by atoms with Gasteiger partial charge in [0, 0.05) is 31.7 Å². The van der Waals surface area contributed by atoms with Gasteiger partial charge in [0.1, 0.15) is 0 Å². The third kappa shape index (κ3) is 5.83. The van der Waals surface area contributed by atoms with Crippen LogP contribution in [0.5, 0.6) is 0 Å². The minimum atomic E-state index is 0.00400. The van der Waals surface area contributed by atoms with Crippen LogP contribution in [0.3, 0.4) is 0 Å². The maximum Gasteiger partial charge on any atom is 0.0110 e. The maximum atomic E-state index is 5.99. The summed E-state index contributed by atoms with van der Waals surface area (Å²) >= 11 is 0. The standard InChI is InChI=1S/C13H29N3/c1-4-7-15-9-11-16(12-10-15)8-5-6-13(2,3)14/h4-12,14H2,1-3H3. The highest BCUT2D eigenvalue weighted by molar-refractivity contribution is 4.75. The highest BCUT2D eigenvalue weighted by Gasteiger charge is 2.16. The fraction of sp³-hybridized carbons (Fsp3) is 1.00. The van der Waals surface area contributed by atoms with E-state index in [9.17, 15) is 0 Å². The summed E-state index contributed by atoms with van der Waals surface area (Å²) in [5, 5.41) is 0. The lowest BCUT2D eigenvalue weighted by Gasteiger charge is -2.35. The Morgan fingerprint density at radius 1 is 1.00 bits per heavy atom. The lowest BCUT2D eigenvalue weighted by Crippen LogP contribution is -2.47. The number of piperazine rings is 1. The first-order valence-electron chi connectivity index (χ1n) is 6.75. The van der Waals surface area contributed by atoms with Gasteiger partial charge in [-0.2, -0.15) is 0 Å². The fourth-order valence-electron chi connectivity index (χ4n) is 2.31. The molecule has 1 saturated heterocycles. The number of nitrogens with zero attached hydrogens (tertiary/aromatic N) is 2. The average molecular weight is 227 g/mol. The molecule has 0 spiro atoms. The minimum Gasteiger partial charge on any atom is -0.326 e. The van der Waals surface area contributed by atoms with E-state index in [2.05, 4.69) is 30.6 Å². The highest BCUT2D eigenvalue weighted by atomic mass is 15.3. The van der Waals surface area contributed by atoms with Gasteiger partial charge in [-0.1, -0.05) is 6.92 Å². The molecular weight excluding hydrogens is 198 g/mol. The highest BCUT2D eigenvalue weighted by Crippen LogP contribution is 2.09. The van der Waals surface area contributed by atoms with Crippen LogP contribution in [-0.2, 0) is 0 Å². The van der Waals surface area contributed by atoms with Crippen LogP contribution in [0.2, 0.25) is 0 Å². The molecule has 1 heterocycles. The first-order valence-corrected chi connectivity index (χ1v) is 6.75. The van der Waals surface area contributed by atoms with Crippen molar-refractivity contribution in [3.8, 4) is 0 Å². The Morgan fingerprint density at radius 3 is 1.94 bits per heavy atom. The van der Waals surface area contributed by atoms with E-state index in [1.165, 1.54) is 52.1 Å². The summed E-state index contributed by atoms with van der Waals surface area (Å²) < 4.78 is 0. The molecule has 0 unspecified atom stereocenters. The number of hydrogen-bond donors (Lipinski definition) is 1. The molecule has 96 valence electrons. The molecule has 0 aromatic carbocycles. The Bertz CT molecular complexity index is 178. The summed E-state index contributed by atoms with van der Waals surface area (Å²) in [5.74, 6) is 0. The molecule has 0 aliphatic carbocycles. The molecule has 0 amide bonds. The average Bonchev–Trinajstić information content (AvgIpc) is 2.19. The smallest absolute Gasteiger partial charge is 0.0110 e. The number of rotatable bonds is 6. The van der Waals surface area contributed by atoms with Gasteiger partial charge in [-0.15, -0.1) is 0 Å². The minimum absolute atomic E-state index is 0.00400. The summed E-state index contributed by atoms with van der Waals surface area (Å²) in [6, 6.07) is 0. The Hall–Kier alpha value is -0.120. The molecule has 0 atom stereocenters. The zero-order valence-corrected chi connectivity index (χ0v) is 11.3. The zero-order chi connectivity index (χ0) is 12.0. The van der Waals surface area contributed by atoms with Crippen LogP contribution in [0.1, 0.15) is 40.0 Å². The second-order valence-electron chi connectivity index (χ2n) is 5.78. The van der Waals surface area contributed by atoms with Gasteiger partial charge in [-0.3, -0.25) is 0 Å². The molecule has 3 heteroatoms. The quantitative estimate of drug-likeness (QED) is 0.747. The molecule has 3 nitrogen and oxygen atoms in total. The zero-order valence-electron chi connectivity index (χ0n) is 11.3. The monoisotopic (exact) mass is 227 g/mol. The fourth-order valence-corrected chi connectivity index (χ4v) is 2.31. The summed E-state index contributed by atoms with van der Waals surface area (Å²) in [6.07, 6.45) is 3.64. The van der Waals surface area contributed by atoms with Crippen LogP contribution in [0, 0.1) is 0 Å². The van der Waals surface area contributed by atoms with Crippen molar-refractivity contribution in [3.63, 3.8) is 0 Å². The van der Waals surface area contributed by atoms with E-state index in [-0.39, 0.29) is 5.54 Å². The first-order chi connectivity index (χ1) is 7.51. The van der Waals surface area contributed by atoms with Crippen LogP contribution >= 0.6 is 0 Å². The molecule has 16 heavy (non-hydrogen) atoms. The molecule has 0 radical (unpaired) electrons. The van der Waals surface area contributed by atoms with Crippen LogP contribution in [0.25, 0.3) is 0 Å². The third-order valence-electron chi connectivity index (χ3n) is 3.30. The summed E-state index contributed by atoms with van der Waals surface area (Å²) in [7, 11) is 0. The number of hydrogen-bond acceptors (Lipinski definition) is 3. The molecule has 0 bridgehead atoms. The van der Waals surface area contributed by atoms with Gasteiger partial charge in [-0.05, 0) is 46.2 Å². The second kappa shape index (κ2) is 6.58. The van der Waals surface area contributed by atoms with E-state index in [1.807, 2.05) is 0 Å². The van der Waals surface area contributed by atoms with Gasteiger partial charge in [0.2, 0.25) is 0 Å². The molecule has 0 saturated carbocycles. The normalized spacial score (nSPS) is 20.2. The van der Waals surface area contributed by atoms with Crippen molar-refractivity contribution in [1.29, 1.82) is 0 Å². The Kier molecular flexibility index (Phi) is 5.73. The molecule has 1 aliphatic rings. The molecule has 0 aromatic heterocycles. The lowest BCUT2D eigenvalue weighted by atomic mass is 10.00. The van der Waals surface area contributed by atoms with Crippen molar-refractivity contribution >= 4 is 0 Å². The van der Waals surface area contributed by atoms with Gasteiger partial charge in [-0.25, -0.2) is 0 Å². The van der Waals surface area contributed by atoms with E-state index in [0.29, 0.717) is 0 Å². The van der Waals surface area contributed by atoms with Gasteiger partial charge < -0.3 is 15.5 Å². The van der Waals surface area contributed by atoms with E-state index in [1.54, 1.807) is 0 Å². The Labute approximate surface area is 101 Å². The molecule has 1 rings (SSSR count). The SMILES string of the molecule is CCCN1CCN(CCCC(C)(C)N)CC1. The molecule has 2 N–H and O–H groups in total. The third-order valence-corrected chi connectivity index (χ3v) is 3.30. The van der Waals surface area contributed by atoms with E-state index in [0.717, 1.165) is 6.42 Å². The summed E-state index contributed by atoms with van der Waals surface area (Å²) in [5.41, 5.74) is 5.99. The topological polar surface area (TPSA) is 32.5 Å². The van der Waals surface area contributed by atoms with Crippen molar-refractivity contribution in [2.45, 2.75) is 45.6 Å². The second-order valence-corrected chi connectivity index (χ2v) is 5.78. The van der Waals surface area contributed by atoms with E-state index >= 15 is 0 Å². The van der Waals surface area contributed by atoms with Crippen LogP contribution in [0.15, 0.2) is 0 Å². The van der Waals surface area contributed by atoms with Gasteiger partial charge in [0.15, 0.2) is 0 Å². The predicted molar refractivity (Wildman–Crippen MR) is 70.7 cm³/mol. The maximum absolute atomic E-state index is 5.99. The van der Waals surface area contributed by atoms with Crippen LogP contribution in [0.4, 0.5) is 0 Å². The van der Waals surface area contributed by atoms with Gasteiger partial charge in [0.05, 0.1) is 0 Å². The van der Waals surface area contributed by atoms with Gasteiger partial charge >= 0.3 is 0 Å². The van der Waals surface area contributed by atoms with Crippen molar-refractivity contribution in [2.75, 3.05) is 39.3 Å². The first kappa shape index (κ1) is 13.9. The van der Waals surface area contributed by atoms with Gasteiger partial charge in [0.25, 0.3) is 0 Å². The van der Waals surface area contributed by atoms with Crippen LogP contribution in [-0.4, -0.2) is 54.6 Å². The molecule has 1 aliphatic heterocycles. The van der Waals surface area contributed by atoms with E-state index in [4.69, 9.17) is 5.73 Å². The van der Waals surface area contributed by atoms with Crippen LogP contribution < -0.4 is 5.73 Å². The Morgan fingerprint density at radius 2 is 1.50 bits per heavy atom. The van der Waals surface area contributed by atoms with Crippen molar-refractivity contribution < 1.29 is 0 Å². The predicted octanol–water partition coefficient (Wildman–Crippen LogP) is 1.53. The van der Waals surface area contributed by atoms with Crippen molar-refractivity contribution in [1.82, 2.24) is 9.80 Å². The van der Waals surface area contributed by atoms with Crippen molar-refractivity contribution in [3.05, 3.63) is 0 Å². The Balaban J connectivity index is 2.08. The van der Waals surface area contributed by atoms with Crippen molar-refractivity contribution in [2.24, 2.45) is 5.73 Å². The molecule has 1 fully saturated rings. The summed E-state index contributed by atoms with van der Waals surface area (Å²) in [4.78, 5) is 5.15. The largest absolute Gasteiger partial charge is 0.326 e. The lowest BCUT2D eigenvalue weighted by molar-refractivity contribution is 0.129.